The highest BCUT2D eigenvalue weighted by molar-refractivity contribution is 6.05. The van der Waals surface area contributed by atoms with E-state index in [9.17, 15) is 14.7 Å². The largest absolute Gasteiger partial charge is 0.481 e. The number of rotatable bonds is 5. The van der Waals surface area contributed by atoms with E-state index in [-0.39, 0.29) is 11.7 Å². The van der Waals surface area contributed by atoms with Gasteiger partial charge >= 0.3 is 11.7 Å². The van der Waals surface area contributed by atoms with Crippen LogP contribution in [0.15, 0.2) is 47.4 Å². The Kier molecular flexibility index (Phi) is 3.65. The topological polar surface area (TPSA) is 69.2 Å². The molecule has 1 aliphatic carbocycles. The van der Waals surface area contributed by atoms with E-state index in [4.69, 9.17) is 0 Å². The number of carbonyl (C=O) groups is 1. The van der Waals surface area contributed by atoms with Crippen LogP contribution in [0.1, 0.15) is 44.2 Å². The summed E-state index contributed by atoms with van der Waals surface area (Å²) in [6, 6.07) is 12.0. The van der Waals surface area contributed by atoms with Crippen LogP contribution in [-0.2, 0) is 18.4 Å². The number of nitrogens with zero attached hydrogens (tertiary/aromatic N) is 3. The smallest absolute Gasteiger partial charge is 0.329 e. The predicted molar refractivity (Wildman–Crippen MR) is 120 cm³/mol. The molecule has 3 heterocycles. The van der Waals surface area contributed by atoms with Crippen LogP contribution in [0.3, 0.4) is 0 Å². The number of para-hydroxylation sites is 1. The van der Waals surface area contributed by atoms with Crippen LogP contribution >= 0.6 is 0 Å². The molecule has 0 saturated heterocycles. The number of hydrogen-bond acceptors (Lipinski definition) is 2. The maximum Gasteiger partial charge on any atom is 0.329 e. The number of aliphatic carboxylic acids is 1. The molecule has 1 saturated carbocycles. The summed E-state index contributed by atoms with van der Waals surface area (Å²) in [6.07, 6.45) is 4.89. The average molecular weight is 415 g/mol. The summed E-state index contributed by atoms with van der Waals surface area (Å²) in [5.41, 5.74) is 5.29. The van der Waals surface area contributed by atoms with Crippen molar-refractivity contribution >= 4 is 27.9 Å². The van der Waals surface area contributed by atoms with Gasteiger partial charge in [-0.1, -0.05) is 37.6 Å². The quantitative estimate of drug-likeness (QED) is 0.459. The van der Waals surface area contributed by atoms with Gasteiger partial charge in [0.05, 0.1) is 29.0 Å². The summed E-state index contributed by atoms with van der Waals surface area (Å²) >= 11 is 0. The van der Waals surface area contributed by atoms with Crippen LogP contribution in [0.4, 0.5) is 0 Å². The van der Waals surface area contributed by atoms with Crippen molar-refractivity contribution in [2.75, 3.05) is 0 Å². The molecule has 6 rings (SSSR count). The van der Waals surface area contributed by atoms with E-state index in [1.54, 1.807) is 4.57 Å². The molecule has 1 atom stereocenters. The summed E-state index contributed by atoms with van der Waals surface area (Å²) in [4.78, 5) is 26.1. The summed E-state index contributed by atoms with van der Waals surface area (Å²) in [6.45, 7) is 2.55. The maximum atomic E-state index is 13.9. The summed E-state index contributed by atoms with van der Waals surface area (Å²) < 4.78 is 5.78. The van der Waals surface area contributed by atoms with Crippen LogP contribution in [0.25, 0.3) is 33.1 Å². The zero-order chi connectivity index (χ0) is 21.5. The molecule has 31 heavy (non-hydrogen) atoms. The monoisotopic (exact) mass is 415 g/mol. The standard InChI is InChI=1S/C25H25N3O3/c1-3-6-20(25(11-12-25)23(29)30)28-19-10-5-8-17-16-7-4-9-18-21(16)15(13-26(18)2)14-27(22(17)19)24(28)31/h4-5,7-10,13,20H,3,6,11-12,14H2,1-2H3,(H,29,30). The lowest BCUT2D eigenvalue weighted by Gasteiger charge is -2.25. The molecule has 0 amide bonds. The van der Waals surface area contributed by atoms with E-state index < -0.39 is 11.4 Å². The van der Waals surface area contributed by atoms with Crippen molar-refractivity contribution in [3.63, 3.8) is 0 Å². The third-order valence-corrected chi connectivity index (χ3v) is 7.42. The van der Waals surface area contributed by atoms with Gasteiger partial charge in [0.25, 0.3) is 0 Å². The molecule has 0 radical (unpaired) electrons. The van der Waals surface area contributed by atoms with Crippen molar-refractivity contribution in [3.8, 4) is 11.1 Å². The molecule has 1 unspecified atom stereocenters. The number of hydrogen-bond donors (Lipinski definition) is 1. The summed E-state index contributed by atoms with van der Waals surface area (Å²) in [5.74, 6) is -0.780. The Morgan fingerprint density at radius 3 is 2.52 bits per heavy atom. The fourth-order valence-electron chi connectivity index (χ4n) is 5.81. The van der Waals surface area contributed by atoms with Gasteiger partial charge in [-0.25, -0.2) is 4.79 Å². The second-order valence-corrected chi connectivity index (χ2v) is 9.14. The van der Waals surface area contributed by atoms with Gasteiger partial charge in [0.15, 0.2) is 0 Å². The molecule has 6 heteroatoms. The summed E-state index contributed by atoms with van der Waals surface area (Å²) in [7, 11) is 2.04. The van der Waals surface area contributed by atoms with Crippen LogP contribution in [0.5, 0.6) is 0 Å². The van der Waals surface area contributed by atoms with E-state index >= 15 is 0 Å². The minimum atomic E-state index is -0.822. The average Bonchev–Trinajstić information content (AvgIpc) is 3.47. The molecular formula is C25H25N3O3. The molecule has 2 aromatic heterocycles. The first-order valence-corrected chi connectivity index (χ1v) is 11.0. The summed E-state index contributed by atoms with van der Waals surface area (Å²) in [5, 5.41) is 11.2. The number of fused-ring (bicyclic) bond motifs is 1. The lowest BCUT2D eigenvalue weighted by atomic mass is 9.92. The zero-order valence-corrected chi connectivity index (χ0v) is 17.8. The second-order valence-electron chi connectivity index (χ2n) is 9.14. The minimum Gasteiger partial charge on any atom is -0.481 e. The highest BCUT2D eigenvalue weighted by Crippen LogP contribution is 2.56. The van der Waals surface area contributed by atoms with Crippen molar-refractivity contribution in [1.82, 2.24) is 13.7 Å². The van der Waals surface area contributed by atoms with Crippen LogP contribution in [0.2, 0.25) is 0 Å². The number of aromatic nitrogens is 3. The second kappa shape index (κ2) is 6.13. The highest BCUT2D eigenvalue weighted by atomic mass is 16.4. The molecule has 4 aromatic rings. The first-order chi connectivity index (χ1) is 15.0. The fourth-order valence-corrected chi connectivity index (χ4v) is 5.81. The van der Waals surface area contributed by atoms with E-state index in [1.807, 2.05) is 23.7 Å². The zero-order valence-electron chi connectivity index (χ0n) is 17.8. The molecule has 0 spiro atoms. The van der Waals surface area contributed by atoms with E-state index in [2.05, 4.69) is 42.0 Å². The third-order valence-electron chi connectivity index (χ3n) is 7.42. The van der Waals surface area contributed by atoms with Crippen LogP contribution < -0.4 is 5.69 Å². The van der Waals surface area contributed by atoms with Gasteiger partial charge in [0.2, 0.25) is 0 Å². The molecule has 0 bridgehead atoms. The molecule has 1 N–H and O–H groups in total. The van der Waals surface area contributed by atoms with Crippen molar-refractivity contribution in [3.05, 3.63) is 58.6 Å². The van der Waals surface area contributed by atoms with Gasteiger partial charge in [-0.05, 0) is 42.5 Å². The predicted octanol–water partition coefficient (Wildman–Crippen LogP) is 4.53. The molecule has 2 aliphatic rings. The van der Waals surface area contributed by atoms with E-state index in [0.717, 1.165) is 39.7 Å². The minimum absolute atomic E-state index is 0.0989. The Hall–Kier alpha value is -3.28. The number of carboxylic acid groups (broad SMARTS) is 1. The third kappa shape index (κ3) is 2.27. The Morgan fingerprint density at radius 2 is 1.84 bits per heavy atom. The molecule has 1 aliphatic heterocycles. The highest BCUT2D eigenvalue weighted by Gasteiger charge is 2.57. The van der Waals surface area contributed by atoms with Gasteiger partial charge in [0.1, 0.15) is 0 Å². The van der Waals surface area contributed by atoms with Gasteiger partial charge in [-0.3, -0.25) is 13.9 Å². The van der Waals surface area contributed by atoms with Gasteiger partial charge < -0.3 is 9.67 Å². The SMILES string of the molecule is CCCC(n1c(=O)n2c3c(cccc31)-c1cccc3c1c(cn3C)C2)C1(C(=O)O)CC1. The number of benzene rings is 2. The molecule has 2 aromatic carbocycles. The number of aryl methyl sites for hydroxylation is 1. The van der Waals surface area contributed by atoms with Crippen LogP contribution in [0, 0.1) is 5.41 Å². The molecule has 6 nitrogen and oxygen atoms in total. The van der Waals surface area contributed by atoms with Crippen molar-refractivity contribution in [2.24, 2.45) is 12.5 Å². The Bertz CT molecular complexity index is 1450. The van der Waals surface area contributed by atoms with E-state index in [1.165, 1.54) is 5.39 Å². The maximum absolute atomic E-state index is 13.9. The van der Waals surface area contributed by atoms with Crippen molar-refractivity contribution in [1.29, 1.82) is 0 Å². The molecule has 1 fully saturated rings. The number of imidazole rings is 1. The lowest BCUT2D eigenvalue weighted by molar-refractivity contribution is -0.145. The normalized spacial score (nSPS) is 17.1. The fraction of sp³-hybridized carbons (Fsp3) is 0.360. The van der Waals surface area contributed by atoms with Gasteiger partial charge in [-0.15, -0.1) is 0 Å². The molecule has 158 valence electrons. The van der Waals surface area contributed by atoms with Crippen LogP contribution in [-0.4, -0.2) is 24.8 Å². The Labute approximate surface area is 179 Å². The Balaban J connectivity index is 1.70. The first kappa shape index (κ1) is 18.5. The van der Waals surface area contributed by atoms with E-state index in [0.29, 0.717) is 25.8 Å². The first-order valence-electron chi connectivity index (χ1n) is 11.0. The van der Waals surface area contributed by atoms with Crippen molar-refractivity contribution in [2.45, 2.75) is 45.2 Å². The Morgan fingerprint density at radius 1 is 1.13 bits per heavy atom. The molecular weight excluding hydrogens is 390 g/mol. The number of carboxylic acids is 1. The van der Waals surface area contributed by atoms with Crippen molar-refractivity contribution < 1.29 is 9.90 Å². The van der Waals surface area contributed by atoms with Gasteiger partial charge in [-0.2, -0.15) is 0 Å². The lowest BCUT2D eigenvalue weighted by Crippen LogP contribution is -2.35. The van der Waals surface area contributed by atoms with Gasteiger partial charge in [0, 0.05) is 29.7 Å².